The molecule has 0 aromatic heterocycles. The van der Waals surface area contributed by atoms with Gasteiger partial charge in [0.1, 0.15) is 0 Å². The predicted octanol–water partition coefficient (Wildman–Crippen LogP) is 1.92. The molecule has 5 heteroatoms. The van der Waals surface area contributed by atoms with Gasteiger partial charge in [0.05, 0.1) is 16.3 Å². The van der Waals surface area contributed by atoms with Crippen LogP contribution in [0, 0.1) is 0 Å². The summed E-state index contributed by atoms with van der Waals surface area (Å²) in [5.41, 5.74) is 0.583. The Morgan fingerprint density at radius 3 is 2.55 bits per heavy atom. The zero-order valence-electron chi connectivity index (χ0n) is 13.3. The van der Waals surface area contributed by atoms with Crippen molar-refractivity contribution in [3.05, 3.63) is 29.3 Å². The molecule has 2 aliphatic heterocycles. The largest absolute Gasteiger partial charge is 0.387 e. The fourth-order valence-electron chi connectivity index (χ4n) is 3.74. The number of rotatable bonds is 3. The van der Waals surface area contributed by atoms with Crippen LogP contribution in [0.4, 0.5) is 5.69 Å². The van der Waals surface area contributed by atoms with E-state index in [2.05, 4.69) is 27.8 Å². The maximum atomic E-state index is 10.8. The Bertz CT molecular complexity index is 504. The van der Waals surface area contributed by atoms with Crippen molar-refractivity contribution in [1.29, 1.82) is 0 Å². The molecule has 1 N–H and O–H groups in total. The first-order valence-electron chi connectivity index (χ1n) is 8.19. The van der Waals surface area contributed by atoms with E-state index >= 15 is 0 Å². The second-order valence-electron chi connectivity index (χ2n) is 6.78. The molecule has 3 rings (SSSR count). The molecular formula is C17H26ClN3O. The maximum absolute atomic E-state index is 10.8. The lowest BCUT2D eigenvalue weighted by Crippen LogP contribution is -2.56. The van der Waals surface area contributed by atoms with Crippen LogP contribution in [-0.2, 0) is 0 Å². The van der Waals surface area contributed by atoms with E-state index in [1.807, 2.05) is 18.2 Å². The monoisotopic (exact) mass is 323 g/mol. The molecule has 0 bridgehead atoms. The van der Waals surface area contributed by atoms with Crippen LogP contribution >= 0.6 is 11.6 Å². The molecule has 122 valence electrons. The molecule has 2 heterocycles. The van der Waals surface area contributed by atoms with Gasteiger partial charge in [0.25, 0.3) is 0 Å². The second kappa shape index (κ2) is 6.75. The number of anilines is 1. The van der Waals surface area contributed by atoms with Gasteiger partial charge in [0, 0.05) is 39.3 Å². The number of benzene rings is 1. The van der Waals surface area contributed by atoms with Crippen molar-refractivity contribution in [3.63, 3.8) is 0 Å². The third-order valence-corrected chi connectivity index (χ3v) is 5.15. The average Bonchev–Trinajstić information content (AvgIpc) is 2.48. The smallest absolute Gasteiger partial charge is 0.0900 e. The summed E-state index contributed by atoms with van der Waals surface area (Å²) >= 11 is 6.29. The maximum Gasteiger partial charge on any atom is 0.0900 e. The minimum absolute atomic E-state index is 0.542. The van der Waals surface area contributed by atoms with Gasteiger partial charge in [-0.3, -0.25) is 4.90 Å². The number of hydrogen-bond acceptors (Lipinski definition) is 4. The Balaban J connectivity index is 1.55. The van der Waals surface area contributed by atoms with Gasteiger partial charge in [-0.1, -0.05) is 23.7 Å². The number of aliphatic hydroxyl groups is 1. The van der Waals surface area contributed by atoms with Gasteiger partial charge in [-0.05, 0) is 38.6 Å². The molecule has 0 amide bonds. The zero-order chi connectivity index (χ0) is 15.6. The molecule has 2 aliphatic rings. The number of likely N-dealkylation sites (N-methyl/N-ethyl adjacent to an activating group) is 1. The molecule has 2 saturated heterocycles. The van der Waals surface area contributed by atoms with E-state index in [9.17, 15) is 5.11 Å². The summed E-state index contributed by atoms with van der Waals surface area (Å²) in [6, 6.07) is 8.04. The van der Waals surface area contributed by atoms with E-state index in [4.69, 9.17) is 11.6 Å². The number of likely N-dealkylation sites (tertiary alicyclic amines) is 1. The molecule has 1 aromatic rings. The van der Waals surface area contributed by atoms with Gasteiger partial charge in [-0.25, -0.2) is 0 Å². The highest BCUT2D eigenvalue weighted by molar-refractivity contribution is 6.33. The summed E-state index contributed by atoms with van der Waals surface area (Å²) in [6.07, 6.45) is 2.01. The molecule has 4 nitrogen and oxygen atoms in total. The highest BCUT2D eigenvalue weighted by atomic mass is 35.5. The molecule has 0 saturated carbocycles. The van der Waals surface area contributed by atoms with Gasteiger partial charge in [-0.15, -0.1) is 0 Å². The van der Waals surface area contributed by atoms with Gasteiger partial charge in [0.2, 0.25) is 0 Å². The van der Waals surface area contributed by atoms with Crippen molar-refractivity contribution in [1.82, 2.24) is 9.80 Å². The molecular weight excluding hydrogens is 298 g/mol. The Morgan fingerprint density at radius 2 is 1.86 bits per heavy atom. The number of piperidine rings is 1. The standard InChI is InChI=1S/C17H26ClN3O/c1-19-8-4-7-17(22,13-19)14-20-9-11-21(12-10-20)16-6-3-2-5-15(16)18/h2-3,5-6,22H,4,7-14H2,1H3/t17-/m0/s1. The van der Waals surface area contributed by atoms with Crippen molar-refractivity contribution >= 4 is 17.3 Å². The molecule has 1 atom stereocenters. The van der Waals surface area contributed by atoms with Crippen LogP contribution in [0.15, 0.2) is 24.3 Å². The first-order valence-corrected chi connectivity index (χ1v) is 8.56. The SMILES string of the molecule is CN1CCC[C@@](O)(CN2CCN(c3ccccc3Cl)CC2)C1. The number of β-amino-alcohol motifs (C(OH)–C–C–N with tert-alkyl or cyclic N) is 1. The third kappa shape index (κ3) is 3.74. The summed E-state index contributed by atoms with van der Waals surface area (Å²) in [6.45, 7) is 6.58. The lowest BCUT2D eigenvalue weighted by atomic mass is 9.92. The minimum atomic E-state index is -0.542. The molecule has 0 spiro atoms. The number of para-hydroxylation sites is 1. The molecule has 22 heavy (non-hydrogen) atoms. The van der Waals surface area contributed by atoms with Crippen LogP contribution < -0.4 is 4.90 Å². The van der Waals surface area contributed by atoms with Crippen LogP contribution in [0.25, 0.3) is 0 Å². The van der Waals surface area contributed by atoms with Crippen LogP contribution in [0.2, 0.25) is 5.02 Å². The van der Waals surface area contributed by atoms with Crippen molar-refractivity contribution < 1.29 is 5.11 Å². The number of piperazine rings is 1. The fraction of sp³-hybridized carbons (Fsp3) is 0.647. The molecule has 0 aliphatic carbocycles. The van der Waals surface area contributed by atoms with E-state index in [0.29, 0.717) is 0 Å². The highest BCUT2D eigenvalue weighted by Crippen LogP contribution is 2.27. The number of nitrogens with zero attached hydrogens (tertiary/aromatic N) is 3. The lowest BCUT2D eigenvalue weighted by molar-refractivity contribution is -0.0478. The van der Waals surface area contributed by atoms with E-state index in [1.54, 1.807) is 0 Å². The minimum Gasteiger partial charge on any atom is -0.387 e. The van der Waals surface area contributed by atoms with Gasteiger partial charge >= 0.3 is 0 Å². The summed E-state index contributed by atoms with van der Waals surface area (Å²) < 4.78 is 0. The van der Waals surface area contributed by atoms with Crippen molar-refractivity contribution in [3.8, 4) is 0 Å². The molecule has 2 fully saturated rings. The predicted molar refractivity (Wildman–Crippen MR) is 91.8 cm³/mol. The zero-order valence-corrected chi connectivity index (χ0v) is 14.1. The van der Waals surface area contributed by atoms with E-state index in [-0.39, 0.29) is 0 Å². The topological polar surface area (TPSA) is 30.0 Å². The lowest BCUT2D eigenvalue weighted by Gasteiger charge is -2.43. The first-order chi connectivity index (χ1) is 10.6. The summed E-state index contributed by atoms with van der Waals surface area (Å²) in [4.78, 5) is 6.98. The van der Waals surface area contributed by atoms with Crippen LogP contribution in [0.3, 0.4) is 0 Å². The first kappa shape index (κ1) is 16.1. The number of hydrogen-bond donors (Lipinski definition) is 1. The van der Waals surface area contributed by atoms with Crippen molar-refractivity contribution in [2.45, 2.75) is 18.4 Å². The van der Waals surface area contributed by atoms with Gasteiger partial charge in [0.15, 0.2) is 0 Å². The van der Waals surface area contributed by atoms with Crippen molar-refractivity contribution in [2.75, 3.05) is 57.8 Å². The molecule has 0 unspecified atom stereocenters. The van der Waals surface area contributed by atoms with Crippen molar-refractivity contribution in [2.24, 2.45) is 0 Å². The average molecular weight is 324 g/mol. The van der Waals surface area contributed by atoms with Crippen LogP contribution in [0.5, 0.6) is 0 Å². The Labute approximate surface area is 138 Å². The van der Waals surface area contributed by atoms with Crippen LogP contribution in [0.1, 0.15) is 12.8 Å². The van der Waals surface area contributed by atoms with E-state index in [0.717, 1.165) is 69.4 Å². The second-order valence-corrected chi connectivity index (χ2v) is 7.19. The van der Waals surface area contributed by atoms with Crippen LogP contribution in [-0.4, -0.2) is 73.4 Å². The van der Waals surface area contributed by atoms with Gasteiger partial charge < -0.3 is 14.9 Å². The quantitative estimate of drug-likeness (QED) is 0.920. The summed E-state index contributed by atoms with van der Waals surface area (Å²) in [7, 11) is 2.10. The Morgan fingerprint density at radius 1 is 1.14 bits per heavy atom. The normalized spacial score (nSPS) is 28.0. The molecule has 0 radical (unpaired) electrons. The summed E-state index contributed by atoms with van der Waals surface area (Å²) in [5.74, 6) is 0. The summed E-state index contributed by atoms with van der Waals surface area (Å²) in [5, 5.41) is 11.6. The highest BCUT2D eigenvalue weighted by Gasteiger charge is 2.34. The Hall–Kier alpha value is -0.810. The van der Waals surface area contributed by atoms with E-state index in [1.165, 1.54) is 0 Å². The number of halogens is 1. The van der Waals surface area contributed by atoms with Gasteiger partial charge in [-0.2, -0.15) is 0 Å². The molecule has 1 aromatic carbocycles. The Kier molecular flexibility index (Phi) is 4.93. The third-order valence-electron chi connectivity index (χ3n) is 4.83. The van der Waals surface area contributed by atoms with E-state index < -0.39 is 5.60 Å². The fourth-order valence-corrected chi connectivity index (χ4v) is 3.99.